The number of nitrogens with zero attached hydrogens (tertiary/aromatic N) is 5. The van der Waals surface area contributed by atoms with Crippen molar-refractivity contribution < 1.29 is 14.5 Å². The van der Waals surface area contributed by atoms with Crippen molar-refractivity contribution in [2.24, 2.45) is 0 Å². The first-order valence-corrected chi connectivity index (χ1v) is 14.5. The lowest BCUT2D eigenvalue weighted by atomic mass is 10.1. The zero-order chi connectivity index (χ0) is 29.1. The van der Waals surface area contributed by atoms with Gasteiger partial charge in [0, 0.05) is 17.2 Å². The predicted molar refractivity (Wildman–Crippen MR) is 159 cm³/mol. The number of anilines is 1. The molecule has 2 amide bonds. The van der Waals surface area contributed by atoms with E-state index in [4.69, 9.17) is 23.2 Å². The summed E-state index contributed by atoms with van der Waals surface area (Å²) >= 11 is 14.9. The molecule has 2 heterocycles. The number of nitro groups is 1. The van der Waals surface area contributed by atoms with Gasteiger partial charge in [0.1, 0.15) is 0 Å². The summed E-state index contributed by atoms with van der Waals surface area (Å²) < 4.78 is 2.61. The second-order valence-corrected chi connectivity index (χ2v) is 11.4. The van der Waals surface area contributed by atoms with Crippen molar-refractivity contribution in [2.45, 2.75) is 18.6 Å². The van der Waals surface area contributed by atoms with Gasteiger partial charge in [-0.1, -0.05) is 64.5 Å². The van der Waals surface area contributed by atoms with E-state index in [9.17, 15) is 19.7 Å². The summed E-state index contributed by atoms with van der Waals surface area (Å²) in [5, 5.41) is 26.8. The summed E-state index contributed by atoms with van der Waals surface area (Å²) in [5.41, 5.74) is 1.78. The smallest absolute Gasteiger partial charge is 0.273 e. The van der Waals surface area contributed by atoms with Crippen molar-refractivity contribution in [3.05, 3.63) is 97.8 Å². The van der Waals surface area contributed by atoms with Gasteiger partial charge < -0.3 is 10.6 Å². The Morgan fingerprint density at radius 1 is 1.07 bits per heavy atom. The largest absolute Gasteiger partial charge is 0.345 e. The van der Waals surface area contributed by atoms with Crippen molar-refractivity contribution in [1.82, 2.24) is 25.1 Å². The van der Waals surface area contributed by atoms with E-state index < -0.39 is 10.8 Å². The first kappa shape index (κ1) is 28.5. The van der Waals surface area contributed by atoms with Crippen LogP contribution in [0.1, 0.15) is 21.7 Å². The Hall–Kier alpha value is -4.04. The molecule has 0 aliphatic carbocycles. The number of carbonyl (C=O) groups is 2. The van der Waals surface area contributed by atoms with E-state index in [0.29, 0.717) is 37.4 Å². The van der Waals surface area contributed by atoms with Crippen molar-refractivity contribution in [2.75, 3.05) is 11.1 Å². The molecule has 0 fully saturated rings. The first-order chi connectivity index (χ1) is 19.7. The van der Waals surface area contributed by atoms with E-state index in [1.54, 1.807) is 29.7 Å². The Kier molecular flexibility index (Phi) is 8.49. The molecule has 0 radical (unpaired) electrons. The molecule has 5 aromatic rings. The van der Waals surface area contributed by atoms with Crippen LogP contribution in [0.2, 0.25) is 10.0 Å². The van der Waals surface area contributed by atoms with Gasteiger partial charge in [-0.15, -0.1) is 10.2 Å². The Balaban J connectivity index is 1.34. The lowest BCUT2D eigenvalue weighted by molar-refractivity contribution is -0.385. The maximum absolute atomic E-state index is 12.8. The fraction of sp³-hybridized carbons (Fsp3) is 0.115. The summed E-state index contributed by atoms with van der Waals surface area (Å²) in [5.74, 6) is -0.461. The third kappa shape index (κ3) is 6.49. The van der Waals surface area contributed by atoms with Crippen LogP contribution in [-0.2, 0) is 11.3 Å². The van der Waals surface area contributed by atoms with Crippen LogP contribution in [0.25, 0.3) is 15.9 Å². The van der Waals surface area contributed by atoms with Gasteiger partial charge in [0.25, 0.3) is 11.6 Å². The van der Waals surface area contributed by atoms with Crippen LogP contribution in [0.3, 0.4) is 0 Å². The number of nitro benzene ring substituents is 1. The van der Waals surface area contributed by atoms with Gasteiger partial charge in [0.15, 0.2) is 16.1 Å². The molecule has 41 heavy (non-hydrogen) atoms. The minimum absolute atomic E-state index is 0.00870. The molecule has 0 atom stereocenters. The van der Waals surface area contributed by atoms with E-state index in [1.807, 2.05) is 24.3 Å². The molecule has 2 N–H and O–H groups in total. The topological polar surface area (TPSA) is 145 Å². The SMILES string of the molecule is Cc1ccc(C(=O)NCc2nnc(SCC(=O)Nc3nc4ccccc4s3)n2-c2ccc(Cl)c(Cl)c2)cc1[N+](=O)[O-]. The lowest BCUT2D eigenvalue weighted by Crippen LogP contribution is -2.25. The highest BCUT2D eigenvalue weighted by atomic mass is 35.5. The molecule has 5 rings (SSSR count). The maximum atomic E-state index is 12.8. The Morgan fingerprint density at radius 2 is 1.88 bits per heavy atom. The number of thiazole rings is 1. The van der Waals surface area contributed by atoms with E-state index in [1.165, 1.54) is 29.5 Å². The molecule has 0 bridgehead atoms. The predicted octanol–water partition coefficient (Wildman–Crippen LogP) is 6.06. The van der Waals surface area contributed by atoms with Gasteiger partial charge >= 0.3 is 0 Å². The summed E-state index contributed by atoms with van der Waals surface area (Å²) in [6.07, 6.45) is 0. The number of hydrogen-bond donors (Lipinski definition) is 2. The third-order valence-corrected chi connectivity index (χ3v) is 8.43. The lowest BCUT2D eigenvalue weighted by Gasteiger charge is -2.12. The number of carbonyl (C=O) groups excluding carboxylic acids is 2. The van der Waals surface area contributed by atoms with Crippen molar-refractivity contribution in [1.29, 1.82) is 0 Å². The number of aromatic nitrogens is 4. The van der Waals surface area contributed by atoms with Crippen molar-refractivity contribution in [3.8, 4) is 5.69 Å². The van der Waals surface area contributed by atoms with Crippen LogP contribution in [0.4, 0.5) is 10.8 Å². The summed E-state index contributed by atoms with van der Waals surface area (Å²) in [6, 6.07) is 16.8. The van der Waals surface area contributed by atoms with Crippen LogP contribution in [-0.4, -0.2) is 42.2 Å². The monoisotopic (exact) mass is 627 g/mol. The first-order valence-electron chi connectivity index (χ1n) is 11.9. The minimum atomic E-state index is -0.538. The highest BCUT2D eigenvalue weighted by Gasteiger charge is 2.20. The summed E-state index contributed by atoms with van der Waals surface area (Å²) in [7, 11) is 0. The van der Waals surface area contributed by atoms with E-state index in [0.717, 1.165) is 22.0 Å². The molecule has 0 aliphatic rings. The molecular weight excluding hydrogens is 609 g/mol. The number of benzene rings is 3. The van der Waals surface area contributed by atoms with E-state index in [2.05, 4.69) is 25.8 Å². The van der Waals surface area contributed by atoms with Crippen LogP contribution in [0.5, 0.6) is 0 Å². The quantitative estimate of drug-likeness (QED) is 0.114. The molecule has 2 aromatic heterocycles. The molecule has 0 spiro atoms. The van der Waals surface area contributed by atoms with Crippen molar-refractivity contribution >= 4 is 79.2 Å². The number of fused-ring (bicyclic) bond motifs is 1. The maximum Gasteiger partial charge on any atom is 0.273 e. The van der Waals surface area contributed by atoms with E-state index >= 15 is 0 Å². The zero-order valence-corrected chi connectivity index (χ0v) is 24.3. The number of thioether (sulfide) groups is 1. The van der Waals surface area contributed by atoms with E-state index in [-0.39, 0.29) is 29.5 Å². The number of rotatable bonds is 9. The van der Waals surface area contributed by atoms with Gasteiger partial charge in [-0.25, -0.2) is 4.98 Å². The Morgan fingerprint density at radius 3 is 2.63 bits per heavy atom. The van der Waals surface area contributed by atoms with Gasteiger partial charge in [-0.05, 0) is 43.3 Å². The molecule has 208 valence electrons. The normalized spacial score (nSPS) is 11.0. The van der Waals surface area contributed by atoms with Crippen LogP contribution in [0, 0.1) is 17.0 Å². The number of halogens is 2. The van der Waals surface area contributed by atoms with Crippen molar-refractivity contribution in [3.63, 3.8) is 0 Å². The number of hydrogen-bond acceptors (Lipinski definition) is 9. The second-order valence-electron chi connectivity index (χ2n) is 8.60. The second kappa shape index (κ2) is 12.2. The molecule has 15 heteroatoms. The van der Waals surface area contributed by atoms with Crippen LogP contribution < -0.4 is 10.6 Å². The van der Waals surface area contributed by atoms with Crippen LogP contribution >= 0.6 is 46.3 Å². The molecular formula is C26H19Cl2N7O4S2. The van der Waals surface area contributed by atoms with Gasteiger partial charge in [-0.2, -0.15) is 0 Å². The average molecular weight is 629 g/mol. The Labute approximate surface area is 251 Å². The standard InChI is InChI=1S/C26H19Cl2N7O4S2/c1-14-6-7-15(10-20(14)35(38)39)24(37)29-12-22-32-33-26(34(22)16-8-9-17(27)18(28)11-16)40-13-23(36)31-25-30-19-4-2-3-5-21(19)41-25/h2-11H,12-13H2,1H3,(H,29,37)(H,30,31,36). The molecule has 0 unspecified atom stereocenters. The molecule has 3 aromatic carbocycles. The number of nitrogens with one attached hydrogen (secondary N) is 2. The molecule has 11 nitrogen and oxygen atoms in total. The Bertz CT molecular complexity index is 1780. The minimum Gasteiger partial charge on any atom is -0.345 e. The summed E-state index contributed by atoms with van der Waals surface area (Å²) in [4.78, 5) is 40.7. The zero-order valence-electron chi connectivity index (χ0n) is 21.1. The van der Waals surface area contributed by atoms with Crippen LogP contribution in [0.15, 0.2) is 65.8 Å². The molecule has 0 aliphatic heterocycles. The van der Waals surface area contributed by atoms with Gasteiger partial charge in [0.2, 0.25) is 5.91 Å². The van der Waals surface area contributed by atoms with Gasteiger partial charge in [0.05, 0.1) is 43.2 Å². The number of aryl methyl sites for hydroxylation is 1. The molecule has 0 saturated carbocycles. The fourth-order valence-corrected chi connectivity index (χ4v) is 5.76. The number of para-hydroxylation sites is 1. The highest BCUT2D eigenvalue weighted by molar-refractivity contribution is 7.99. The third-order valence-electron chi connectivity index (χ3n) is 5.81. The molecule has 0 saturated heterocycles. The average Bonchev–Trinajstić information content (AvgIpc) is 3.55. The number of amides is 2. The fourth-order valence-electron chi connectivity index (χ4n) is 3.81. The van der Waals surface area contributed by atoms with Gasteiger partial charge in [-0.3, -0.25) is 24.3 Å². The summed E-state index contributed by atoms with van der Waals surface area (Å²) in [6.45, 7) is 1.53. The highest BCUT2D eigenvalue weighted by Crippen LogP contribution is 2.29.